The molecule has 0 N–H and O–H groups in total. The van der Waals surface area contributed by atoms with Crippen molar-refractivity contribution in [3.05, 3.63) is 181 Å². The minimum atomic E-state index is -0.986. The molecule has 0 amide bonds. The molecule has 228 valence electrons. The fraction of sp³-hybridized carbons (Fsp3) is 0. The van der Waals surface area contributed by atoms with E-state index in [2.05, 4.69) is 0 Å². The molecule has 0 aliphatic carbocycles. The molecule has 0 aliphatic heterocycles. The van der Waals surface area contributed by atoms with Crippen LogP contribution in [-0.4, -0.2) is 0 Å². The number of benzene rings is 9. The average Bonchev–Trinajstić information content (AvgIpc) is 3.79. The Morgan fingerprint density at radius 3 is 1.57 bits per heavy atom. The van der Waals surface area contributed by atoms with Crippen molar-refractivity contribution in [3.8, 4) is 44.5 Å². The fourth-order valence-electron chi connectivity index (χ4n) is 6.23. The van der Waals surface area contributed by atoms with Crippen molar-refractivity contribution in [2.75, 3.05) is 0 Å². The van der Waals surface area contributed by atoms with E-state index in [0.29, 0.717) is 0 Å². The van der Waals surface area contributed by atoms with Crippen LogP contribution in [0.1, 0.15) is 35.6 Å². The van der Waals surface area contributed by atoms with Crippen molar-refractivity contribution >= 4 is 54.3 Å². The highest BCUT2D eigenvalue weighted by molar-refractivity contribution is 6.24. The highest BCUT2D eigenvalue weighted by Crippen LogP contribution is 2.47. The summed E-state index contributed by atoms with van der Waals surface area (Å²) in [5.74, 6) is 0. The van der Waals surface area contributed by atoms with E-state index in [1.54, 1.807) is 0 Å². The second-order valence-corrected chi connectivity index (χ2v) is 10.8. The van der Waals surface area contributed by atoms with E-state index in [9.17, 15) is 12.3 Å². The van der Waals surface area contributed by atoms with Crippen molar-refractivity contribution in [2.45, 2.75) is 0 Å². The van der Waals surface area contributed by atoms with E-state index in [4.69, 9.17) is 27.7 Å². The second kappa shape index (κ2) is 11.1. The largest absolute Gasteiger partial charge is 0.456 e. The molecule has 9 aromatic carbocycles. The van der Waals surface area contributed by atoms with Crippen LogP contribution in [0.25, 0.3) is 98.8 Å². The summed E-state index contributed by atoms with van der Waals surface area (Å²) in [4.78, 5) is 0. The highest BCUT2D eigenvalue weighted by atomic mass is 16.3. The van der Waals surface area contributed by atoms with E-state index >= 15 is 0 Å². The first-order valence-electron chi connectivity index (χ1n) is 27.7. The zero-order valence-corrected chi connectivity index (χ0v) is 24.7. The summed E-state index contributed by atoms with van der Waals surface area (Å²) < 4.78 is 239. The van der Waals surface area contributed by atoms with E-state index in [1.807, 2.05) is 0 Å². The molecule has 0 aliphatic rings. The third kappa shape index (κ3) is 4.33. The summed E-state index contributed by atoms with van der Waals surface area (Å²) in [5.41, 5.74) is -5.27. The number of hydrogen-bond donors (Lipinski definition) is 0. The maximum Gasteiger partial charge on any atom is 0.135 e. The SMILES string of the molecule is [2H]c1cc2c(-c3c([2H])c([2H])c4oc5c([2H])c([2H])c([2H])c([2H])c5c4c3[2H])c3cc([2H])c([2H])cc3c(-c3c([2H])c([2H])c([2H])c4c(-c5c([2H])c([2H])c([2H])c([2H])c5-c5c([2H])c([2H])c([2H])c([2H])c5[2H])c([2H])c([2H])c([2H])c34)c2cc1[2H]. The quantitative estimate of drug-likeness (QED) is 0.173. The van der Waals surface area contributed by atoms with Gasteiger partial charge in [-0.15, -0.1) is 0 Å². The molecule has 1 aromatic heterocycles. The predicted octanol–water partition coefficient (Wildman–Crippen LogP) is 13.7. The van der Waals surface area contributed by atoms with Crippen LogP contribution in [-0.2, 0) is 0 Å². The lowest BCUT2D eigenvalue weighted by Crippen LogP contribution is -1.92. The Labute approximate surface area is 320 Å². The first kappa shape index (κ1) is 12.2. The van der Waals surface area contributed by atoms with Crippen molar-refractivity contribution in [3.63, 3.8) is 0 Å². The summed E-state index contributed by atoms with van der Waals surface area (Å²) in [6.07, 6.45) is 0. The van der Waals surface area contributed by atoms with Gasteiger partial charge in [-0.05, 0) is 95.0 Å². The summed E-state index contributed by atoms with van der Waals surface area (Å²) in [7, 11) is 0. The Bertz CT molecular complexity index is 4270. The molecule has 1 heterocycles. The molecule has 0 bridgehead atoms. The standard InChI is InChI=1S/C48H30O/c1-2-14-31(15-3-1)33-16-4-5-17-34(33)35-23-12-25-37-36(35)24-13-26-39(37)48-42-21-8-6-19-40(42)47(41-20-7-9-22-43(41)48)32-28-29-46-44(30-32)38-18-10-11-27-45(38)49-46/h1-30H/i1D,2D,3D,4D,5D,6D,7D,8D,9D,10D,11D,12D,13D,14D,15D,16D,17D,18D,23D,24D,25D,26D,27D,28D,29D,30D. The molecule has 10 aromatic rings. The van der Waals surface area contributed by atoms with Gasteiger partial charge in [0.25, 0.3) is 0 Å². The van der Waals surface area contributed by atoms with Gasteiger partial charge in [-0.3, -0.25) is 0 Å². The Balaban J connectivity index is 1.46. The first-order valence-corrected chi connectivity index (χ1v) is 14.7. The van der Waals surface area contributed by atoms with Gasteiger partial charge in [0.2, 0.25) is 0 Å². The molecule has 0 unspecified atom stereocenters. The van der Waals surface area contributed by atoms with Gasteiger partial charge in [0.15, 0.2) is 0 Å². The zero-order chi connectivity index (χ0) is 54.9. The normalized spacial score (nSPS) is 19.1. The van der Waals surface area contributed by atoms with Crippen molar-refractivity contribution in [1.82, 2.24) is 0 Å². The Kier molecular flexibility index (Phi) is 2.76. The summed E-state index contributed by atoms with van der Waals surface area (Å²) in [6.45, 7) is 0. The molecule has 1 nitrogen and oxygen atoms in total. The molecule has 1 heteroatoms. The Morgan fingerprint density at radius 2 is 0.837 bits per heavy atom. The van der Waals surface area contributed by atoms with Crippen LogP contribution in [0.2, 0.25) is 0 Å². The number of furan rings is 1. The van der Waals surface area contributed by atoms with Gasteiger partial charge in [0.1, 0.15) is 11.2 Å². The number of fused-ring (bicyclic) bond motifs is 6. The van der Waals surface area contributed by atoms with Crippen LogP contribution in [0, 0.1) is 0 Å². The molecule has 0 atom stereocenters. The minimum Gasteiger partial charge on any atom is -0.456 e. The predicted molar refractivity (Wildman–Crippen MR) is 208 cm³/mol. The van der Waals surface area contributed by atoms with Crippen LogP contribution < -0.4 is 0 Å². The molecular formula is C48H30O. The highest BCUT2D eigenvalue weighted by Gasteiger charge is 2.20. The number of para-hydroxylation sites is 1. The summed E-state index contributed by atoms with van der Waals surface area (Å²) in [6, 6.07) is -16.1. The van der Waals surface area contributed by atoms with Gasteiger partial charge in [0.05, 0.1) is 35.6 Å². The third-order valence-corrected chi connectivity index (χ3v) is 8.26. The third-order valence-electron chi connectivity index (χ3n) is 8.26. The van der Waals surface area contributed by atoms with Gasteiger partial charge in [-0.25, -0.2) is 0 Å². The van der Waals surface area contributed by atoms with Gasteiger partial charge in [0, 0.05) is 10.8 Å². The molecule has 0 fully saturated rings. The Morgan fingerprint density at radius 1 is 0.306 bits per heavy atom. The van der Waals surface area contributed by atoms with Crippen molar-refractivity contribution in [2.24, 2.45) is 0 Å². The van der Waals surface area contributed by atoms with Crippen LogP contribution >= 0.6 is 0 Å². The lowest BCUT2D eigenvalue weighted by atomic mass is 9.83. The lowest BCUT2D eigenvalue weighted by Gasteiger charge is -2.20. The van der Waals surface area contributed by atoms with Crippen molar-refractivity contribution in [1.29, 1.82) is 0 Å². The van der Waals surface area contributed by atoms with Crippen LogP contribution in [0.4, 0.5) is 0 Å². The van der Waals surface area contributed by atoms with Gasteiger partial charge in [-0.2, -0.15) is 0 Å². The zero-order valence-electron chi connectivity index (χ0n) is 50.7. The fourth-order valence-corrected chi connectivity index (χ4v) is 6.23. The van der Waals surface area contributed by atoms with E-state index < -0.39 is 212 Å². The van der Waals surface area contributed by atoms with Gasteiger partial charge < -0.3 is 4.42 Å². The van der Waals surface area contributed by atoms with Crippen LogP contribution in [0.5, 0.6) is 0 Å². The summed E-state index contributed by atoms with van der Waals surface area (Å²) >= 11 is 0. The molecule has 0 spiro atoms. The van der Waals surface area contributed by atoms with E-state index in [-0.39, 0.29) is 43.4 Å². The van der Waals surface area contributed by atoms with E-state index in [0.717, 1.165) is 24.3 Å². The van der Waals surface area contributed by atoms with Crippen LogP contribution in [0.15, 0.2) is 186 Å². The smallest absolute Gasteiger partial charge is 0.135 e. The topological polar surface area (TPSA) is 13.1 Å². The molecular weight excluding hydrogens is 593 g/mol. The average molecular weight is 649 g/mol. The van der Waals surface area contributed by atoms with Crippen LogP contribution in [0.3, 0.4) is 0 Å². The molecule has 0 saturated heterocycles. The number of hydrogen-bond acceptors (Lipinski definition) is 1. The lowest BCUT2D eigenvalue weighted by molar-refractivity contribution is 0.669. The van der Waals surface area contributed by atoms with Gasteiger partial charge >= 0.3 is 0 Å². The van der Waals surface area contributed by atoms with Gasteiger partial charge in [-0.1, -0.05) is 163 Å². The maximum atomic E-state index is 9.71. The van der Waals surface area contributed by atoms with Crippen molar-refractivity contribution < 1.29 is 40.1 Å². The minimum absolute atomic E-state index is 0.143. The number of rotatable bonds is 4. The Hall–Kier alpha value is -6.44. The molecule has 49 heavy (non-hydrogen) atoms. The molecule has 10 rings (SSSR count). The second-order valence-electron chi connectivity index (χ2n) is 10.8. The summed E-state index contributed by atoms with van der Waals surface area (Å²) in [5, 5.41) is -2.48. The molecule has 0 saturated carbocycles. The molecule has 0 radical (unpaired) electrons. The maximum absolute atomic E-state index is 9.71. The monoisotopic (exact) mass is 648 g/mol. The van der Waals surface area contributed by atoms with E-state index in [1.165, 1.54) is 0 Å². The first-order chi connectivity index (χ1) is 35.1.